The first-order chi connectivity index (χ1) is 16.8. The van der Waals surface area contributed by atoms with Crippen molar-refractivity contribution in [1.82, 2.24) is 9.99 Å². The topological polar surface area (TPSA) is 87.1 Å². The molecule has 0 bridgehead atoms. The molecule has 0 unspecified atom stereocenters. The van der Waals surface area contributed by atoms with E-state index in [1.165, 1.54) is 31.5 Å². The third kappa shape index (κ3) is 6.59. The number of rotatable bonds is 7. The highest BCUT2D eigenvalue weighted by Gasteiger charge is 2.27. The molecule has 3 rings (SSSR count). The Morgan fingerprint density at radius 2 is 1.94 bits per heavy atom. The smallest absolute Gasteiger partial charge is 0.334 e. The van der Waals surface area contributed by atoms with Crippen molar-refractivity contribution >= 4 is 41.3 Å². The maximum Gasteiger partial charge on any atom is 0.334 e. The maximum absolute atomic E-state index is 13.4. The number of nitrogens with one attached hydrogen (secondary N) is 1. The number of ether oxygens (including phenoxy) is 1. The maximum atomic E-state index is 13.4. The van der Waals surface area contributed by atoms with E-state index in [0.717, 1.165) is 17.0 Å². The number of methoxy groups -OCH3 is 1. The van der Waals surface area contributed by atoms with Crippen LogP contribution >= 0.6 is 11.6 Å². The van der Waals surface area contributed by atoms with Crippen LogP contribution in [0.15, 0.2) is 65.9 Å². The molecule has 0 aliphatic carbocycles. The second-order valence-electron chi connectivity index (χ2n) is 7.34. The SMILES string of the molecule is C#Cc1ccc(N(C(=O)Nc2ccc(C=NN(C)CC)cc2)C(=O)c2cc(Cl)cc(OC)c2)nc1. The van der Waals surface area contributed by atoms with Crippen molar-refractivity contribution in [3.05, 3.63) is 82.5 Å². The number of hydrogen-bond acceptors (Lipinski definition) is 6. The second-order valence-corrected chi connectivity index (χ2v) is 7.78. The quantitative estimate of drug-likeness (QED) is 0.290. The number of terminal acetylenes is 1. The molecular weight excluding hydrogens is 466 g/mol. The molecule has 0 spiro atoms. The van der Waals surface area contributed by atoms with E-state index in [0.29, 0.717) is 17.0 Å². The number of nitrogens with zero attached hydrogens (tertiary/aromatic N) is 4. The molecule has 2 aromatic carbocycles. The molecule has 1 N–H and O–H groups in total. The number of benzene rings is 2. The lowest BCUT2D eigenvalue weighted by molar-refractivity contribution is 0.0994. The molecule has 1 aromatic heterocycles. The van der Waals surface area contributed by atoms with E-state index >= 15 is 0 Å². The van der Waals surface area contributed by atoms with E-state index in [4.69, 9.17) is 22.8 Å². The van der Waals surface area contributed by atoms with Crippen LogP contribution in [0.1, 0.15) is 28.4 Å². The van der Waals surface area contributed by atoms with Crippen LogP contribution in [-0.4, -0.2) is 48.8 Å². The summed E-state index contributed by atoms with van der Waals surface area (Å²) in [5.41, 5.74) is 2.00. The van der Waals surface area contributed by atoms with E-state index in [1.807, 2.05) is 14.0 Å². The fourth-order valence-electron chi connectivity index (χ4n) is 2.92. The van der Waals surface area contributed by atoms with Gasteiger partial charge >= 0.3 is 6.03 Å². The highest BCUT2D eigenvalue weighted by Crippen LogP contribution is 2.24. The van der Waals surface area contributed by atoms with Crippen LogP contribution in [0.25, 0.3) is 0 Å². The summed E-state index contributed by atoms with van der Waals surface area (Å²) < 4.78 is 5.20. The summed E-state index contributed by atoms with van der Waals surface area (Å²) in [5, 5.41) is 9.10. The van der Waals surface area contributed by atoms with E-state index in [2.05, 4.69) is 21.3 Å². The molecule has 3 aromatic rings. The van der Waals surface area contributed by atoms with Crippen LogP contribution in [0, 0.1) is 12.3 Å². The fraction of sp³-hybridized carbons (Fsp3) is 0.154. The number of hydrazone groups is 1. The van der Waals surface area contributed by atoms with Crippen molar-refractivity contribution in [2.24, 2.45) is 5.10 Å². The Hall–Kier alpha value is -4.35. The van der Waals surface area contributed by atoms with Crippen LogP contribution in [0.4, 0.5) is 16.3 Å². The number of pyridine rings is 1. The Balaban J connectivity index is 1.91. The summed E-state index contributed by atoms with van der Waals surface area (Å²) in [7, 11) is 3.33. The number of carbonyl (C=O) groups is 2. The molecule has 178 valence electrons. The zero-order chi connectivity index (χ0) is 25.4. The van der Waals surface area contributed by atoms with Gasteiger partial charge in [0.1, 0.15) is 11.6 Å². The molecule has 0 saturated heterocycles. The number of halogens is 1. The molecule has 0 aliphatic rings. The average Bonchev–Trinajstić information content (AvgIpc) is 2.88. The first-order valence-corrected chi connectivity index (χ1v) is 11.0. The summed E-state index contributed by atoms with van der Waals surface area (Å²) in [6.07, 6.45) is 8.53. The first-order valence-electron chi connectivity index (χ1n) is 10.6. The summed E-state index contributed by atoms with van der Waals surface area (Å²) in [4.78, 5) is 31.8. The Labute approximate surface area is 209 Å². The number of aromatic nitrogens is 1. The average molecular weight is 490 g/mol. The van der Waals surface area contributed by atoms with Crippen molar-refractivity contribution in [2.45, 2.75) is 6.92 Å². The van der Waals surface area contributed by atoms with E-state index in [-0.39, 0.29) is 16.4 Å². The molecule has 0 radical (unpaired) electrons. The normalized spacial score (nSPS) is 10.5. The Morgan fingerprint density at radius 1 is 1.20 bits per heavy atom. The van der Waals surface area contributed by atoms with Crippen LogP contribution in [0.3, 0.4) is 0 Å². The minimum Gasteiger partial charge on any atom is -0.497 e. The minimum atomic E-state index is -0.706. The molecular formula is C26H24ClN5O3. The minimum absolute atomic E-state index is 0.0943. The lowest BCUT2D eigenvalue weighted by Gasteiger charge is -2.21. The van der Waals surface area contributed by atoms with Gasteiger partial charge in [-0.2, -0.15) is 5.10 Å². The van der Waals surface area contributed by atoms with Crippen molar-refractivity contribution in [3.8, 4) is 18.1 Å². The van der Waals surface area contributed by atoms with Gasteiger partial charge in [-0.25, -0.2) is 14.7 Å². The Morgan fingerprint density at radius 3 is 2.54 bits per heavy atom. The number of urea groups is 1. The van der Waals surface area contributed by atoms with Crippen molar-refractivity contribution in [2.75, 3.05) is 30.9 Å². The molecule has 8 nitrogen and oxygen atoms in total. The standard InChI is InChI=1S/C26H24ClN5O3/c1-5-18-9-12-24(28-16-18)32(25(33)20-13-21(27)15-23(14-20)35-4)26(34)30-22-10-7-19(8-11-22)17-29-31(3)6-2/h1,7-17H,6H2,2-4H3,(H,30,34). The highest BCUT2D eigenvalue weighted by atomic mass is 35.5. The molecule has 0 atom stereocenters. The summed E-state index contributed by atoms with van der Waals surface area (Å²) in [6, 6.07) is 13.9. The number of amides is 3. The fourth-order valence-corrected chi connectivity index (χ4v) is 3.14. The van der Waals surface area contributed by atoms with Gasteiger partial charge in [-0.1, -0.05) is 29.7 Å². The predicted octanol–water partition coefficient (Wildman–Crippen LogP) is 4.89. The van der Waals surface area contributed by atoms with Gasteiger partial charge < -0.3 is 15.1 Å². The van der Waals surface area contributed by atoms with Gasteiger partial charge in [0.05, 0.1) is 13.3 Å². The van der Waals surface area contributed by atoms with Gasteiger partial charge in [-0.3, -0.25) is 4.79 Å². The lowest BCUT2D eigenvalue weighted by atomic mass is 10.2. The van der Waals surface area contributed by atoms with Crippen LogP contribution in [-0.2, 0) is 0 Å². The van der Waals surface area contributed by atoms with Gasteiger partial charge in [0.15, 0.2) is 0 Å². The lowest BCUT2D eigenvalue weighted by Crippen LogP contribution is -2.40. The molecule has 1 heterocycles. The van der Waals surface area contributed by atoms with Crippen molar-refractivity contribution in [1.29, 1.82) is 0 Å². The molecule has 9 heteroatoms. The van der Waals surface area contributed by atoms with Gasteiger partial charge in [-0.05, 0) is 55.0 Å². The summed E-state index contributed by atoms with van der Waals surface area (Å²) >= 11 is 6.14. The molecule has 0 aliphatic heterocycles. The number of imide groups is 1. The van der Waals surface area contributed by atoms with E-state index in [9.17, 15) is 9.59 Å². The monoisotopic (exact) mass is 489 g/mol. The van der Waals surface area contributed by atoms with E-state index in [1.54, 1.807) is 47.6 Å². The van der Waals surface area contributed by atoms with Crippen LogP contribution < -0.4 is 15.0 Å². The zero-order valence-corrected chi connectivity index (χ0v) is 20.3. The highest BCUT2D eigenvalue weighted by molar-refractivity contribution is 6.31. The van der Waals surface area contributed by atoms with Gasteiger partial charge in [0.2, 0.25) is 0 Å². The zero-order valence-electron chi connectivity index (χ0n) is 19.5. The Bertz CT molecular complexity index is 1270. The summed E-state index contributed by atoms with van der Waals surface area (Å²) in [6.45, 7) is 2.78. The third-order valence-corrected chi connectivity index (χ3v) is 5.15. The molecule has 0 saturated carbocycles. The molecule has 0 fully saturated rings. The van der Waals surface area contributed by atoms with Crippen molar-refractivity contribution < 1.29 is 14.3 Å². The summed E-state index contributed by atoms with van der Waals surface area (Å²) in [5.74, 6) is 2.29. The van der Waals surface area contributed by atoms with Gasteiger partial charge in [0, 0.05) is 41.6 Å². The predicted molar refractivity (Wildman–Crippen MR) is 138 cm³/mol. The van der Waals surface area contributed by atoms with Crippen LogP contribution in [0.5, 0.6) is 5.75 Å². The van der Waals surface area contributed by atoms with E-state index < -0.39 is 11.9 Å². The number of anilines is 2. The van der Waals surface area contributed by atoms with Crippen LogP contribution in [0.2, 0.25) is 5.02 Å². The largest absolute Gasteiger partial charge is 0.497 e. The second kappa shape index (κ2) is 11.7. The molecule has 3 amide bonds. The van der Waals surface area contributed by atoms with Gasteiger partial charge in [-0.15, -0.1) is 6.42 Å². The Kier molecular flexibility index (Phi) is 8.43. The first kappa shape index (κ1) is 25.3. The third-order valence-electron chi connectivity index (χ3n) is 4.93. The number of carbonyl (C=O) groups excluding carboxylic acids is 2. The molecule has 35 heavy (non-hydrogen) atoms. The number of hydrogen-bond donors (Lipinski definition) is 1. The van der Waals surface area contributed by atoms with Gasteiger partial charge in [0.25, 0.3) is 5.91 Å². The van der Waals surface area contributed by atoms with Crippen molar-refractivity contribution in [3.63, 3.8) is 0 Å².